The third-order valence-electron chi connectivity index (χ3n) is 2.79. The van der Waals surface area contributed by atoms with Gasteiger partial charge in [0.15, 0.2) is 6.04 Å². The van der Waals surface area contributed by atoms with Crippen LogP contribution in [0, 0.1) is 0 Å². The maximum Gasteiger partial charge on any atom is 0.406 e. The minimum atomic E-state index is -4.52. The summed E-state index contributed by atoms with van der Waals surface area (Å²) >= 11 is 0. The molecule has 0 aromatic heterocycles. The number of carbonyl (C=O) groups excluding carboxylic acids is 1. The second kappa shape index (κ2) is 6.78. The number of urea groups is 1. The predicted octanol–water partition coefficient (Wildman–Crippen LogP) is 1.17. The van der Waals surface area contributed by atoms with Crippen molar-refractivity contribution < 1.29 is 32.6 Å². The molecule has 9 heteroatoms. The SMILES string of the molecule is CCCN(CC(F)(F)F)C(=O)N1CCOCC1C(=O)O. The van der Waals surface area contributed by atoms with Gasteiger partial charge in [0.05, 0.1) is 13.2 Å². The molecule has 1 saturated heterocycles. The summed E-state index contributed by atoms with van der Waals surface area (Å²) in [6.07, 6.45) is -4.17. The molecule has 0 aromatic carbocycles. The van der Waals surface area contributed by atoms with Crippen molar-refractivity contribution in [1.29, 1.82) is 0 Å². The third-order valence-corrected chi connectivity index (χ3v) is 2.79. The van der Waals surface area contributed by atoms with Gasteiger partial charge in [0, 0.05) is 13.1 Å². The van der Waals surface area contributed by atoms with E-state index in [9.17, 15) is 22.8 Å². The van der Waals surface area contributed by atoms with E-state index in [1.54, 1.807) is 6.92 Å². The number of rotatable bonds is 4. The first-order chi connectivity index (χ1) is 9.26. The molecule has 1 fully saturated rings. The second-order valence-electron chi connectivity index (χ2n) is 4.44. The van der Waals surface area contributed by atoms with Crippen molar-refractivity contribution in [1.82, 2.24) is 9.80 Å². The minimum Gasteiger partial charge on any atom is -0.480 e. The maximum atomic E-state index is 12.5. The van der Waals surface area contributed by atoms with Crippen LogP contribution >= 0.6 is 0 Å². The zero-order valence-electron chi connectivity index (χ0n) is 11.0. The molecule has 1 atom stereocenters. The number of morpholine rings is 1. The Balaban J connectivity index is 2.83. The zero-order chi connectivity index (χ0) is 15.3. The summed E-state index contributed by atoms with van der Waals surface area (Å²) in [5.41, 5.74) is 0. The predicted molar refractivity (Wildman–Crippen MR) is 62.3 cm³/mol. The normalized spacial score (nSPS) is 19.8. The van der Waals surface area contributed by atoms with E-state index in [4.69, 9.17) is 9.84 Å². The van der Waals surface area contributed by atoms with Gasteiger partial charge in [0.1, 0.15) is 6.54 Å². The number of carbonyl (C=O) groups is 2. The van der Waals surface area contributed by atoms with Crippen molar-refractivity contribution in [2.45, 2.75) is 25.6 Å². The van der Waals surface area contributed by atoms with Crippen LogP contribution in [0.4, 0.5) is 18.0 Å². The number of amides is 2. The van der Waals surface area contributed by atoms with Gasteiger partial charge < -0.3 is 19.6 Å². The number of aliphatic carboxylic acids is 1. The number of halogens is 3. The lowest BCUT2D eigenvalue weighted by Crippen LogP contribution is -2.57. The minimum absolute atomic E-state index is 0.0339. The van der Waals surface area contributed by atoms with Gasteiger partial charge in [-0.3, -0.25) is 0 Å². The highest BCUT2D eigenvalue weighted by atomic mass is 19.4. The summed E-state index contributed by atoms with van der Waals surface area (Å²) in [6, 6.07) is -2.16. The molecule has 116 valence electrons. The molecule has 0 spiro atoms. The number of nitrogens with zero attached hydrogens (tertiary/aromatic N) is 2. The van der Waals surface area contributed by atoms with E-state index < -0.39 is 30.8 Å². The molecule has 1 aliphatic heterocycles. The molecular weight excluding hydrogens is 281 g/mol. The Kier molecular flexibility index (Phi) is 5.61. The van der Waals surface area contributed by atoms with Crippen molar-refractivity contribution in [2.75, 3.05) is 32.8 Å². The van der Waals surface area contributed by atoms with E-state index in [0.717, 1.165) is 4.90 Å². The van der Waals surface area contributed by atoms with Crippen LogP contribution in [0.15, 0.2) is 0 Å². The quantitative estimate of drug-likeness (QED) is 0.845. The fourth-order valence-electron chi connectivity index (χ4n) is 1.95. The molecule has 0 saturated carbocycles. The molecule has 1 heterocycles. The van der Waals surface area contributed by atoms with Crippen LogP contribution in [-0.4, -0.2) is 72.0 Å². The number of carboxylic acid groups (broad SMARTS) is 1. The smallest absolute Gasteiger partial charge is 0.406 e. The first kappa shape index (κ1) is 16.5. The maximum absolute atomic E-state index is 12.5. The van der Waals surface area contributed by atoms with Gasteiger partial charge >= 0.3 is 18.2 Å². The van der Waals surface area contributed by atoms with E-state index >= 15 is 0 Å². The first-order valence-electron chi connectivity index (χ1n) is 6.19. The number of hydrogen-bond donors (Lipinski definition) is 1. The number of carboxylic acids is 1. The zero-order valence-corrected chi connectivity index (χ0v) is 11.0. The highest BCUT2D eigenvalue weighted by Crippen LogP contribution is 2.19. The monoisotopic (exact) mass is 298 g/mol. The molecule has 0 aromatic rings. The molecule has 6 nitrogen and oxygen atoms in total. The standard InChI is InChI=1S/C11H17F3N2O4/c1-2-3-15(7-11(12,13)14)10(19)16-4-5-20-6-8(16)9(17)18/h8H,2-7H2,1H3,(H,17,18). The molecule has 1 unspecified atom stereocenters. The van der Waals surface area contributed by atoms with Gasteiger partial charge in [-0.25, -0.2) is 9.59 Å². The van der Waals surface area contributed by atoms with Crippen molar-refractivity contribution in [2.24, 2.45) is 0 Å². The van der Waals surface area contributed by atoms with Crippen LogP contribution in [-0.2, 0) is 9.53 Å². The van der Waals surface area contributed by atoms with Crippen LogP contribution in [0.2, 0.25) is 0 Å². The van der Waals surface area contributed by atoms with Crippen molar-refractivity contribution in [3.8, 4) is 0 Å². The molecule has 1 aliphatic rings. The summed E-state index contributed by atoms with van der Waals surface area (Å²) in [7, 11) is 0. The highest BCUT2D eigenvalue weighted by Gasteiger charge is 2.39. The largest absolute Gasteiger partial charge is 0.480 e. The molecule has 20 heavy (non-hydrogen) atoms. The molecule has 0 aliphatic carbocycles. The fourth-order valence-corrected chi connectivity index (χ4v) is 1.95. The molecule has 2 amide bonds. The van der Waals surface area contributed by atoms with Crippen molar-refractivity contribution in [3.63, 3.8) is 0 Å². The van der Waals surface area contributed by atoms with Crippen molar-refractivity contribution >= 4 is 12.0 Å². The van der Waals surface area contributed by atoms with Gasteiger partial charge in [-0.15, -0.1) is 0 Å². The Labute approximate surface area is 114 Å². The van der Waals surface area contributed by atoms with Crippen LogP contribution < -0.4 is 0 Å². The third kappa shape index (κ3) is 4.55. The van der Waals surface area contributed by atoms with E-state index in [2.05, 4.69) is 0 Å². The van der Waals surface area contributed by atoms with Gasteiger partial charge in [-0.1, -0.05) is 6.92 Å². The highest BCUT2D eigenvalue weighted by molar-refractivity contribution is 5.83. The molecule has 1 N–H and O–H groups in total. The van der Waals surface area contributed by atoms with E-state index in [1.807, 2.05) is 0 Å². The molecule has 1 rings (SSSR count). The summed E-state index contributed by atoms with van der Waals surface area (Å²) in [5, 5.41) is 8.99. The van der Waals surface area contributed by atoms with Gasteiger partial charge in [-0.2, -0.15) is 13.2 Å². The topological polar surface area (TPSA) is 70.1 Å². The lowest BCUT2D eigenvalue weighted by molar-refractivity contribution is -0.150. The first-order valence-corrected chi connectivity index (χ1v) is 6.19. The number of alkyl halides is 3. The molecular formula is C11H17F3N2O4. The summed E-state index contributed by atoms with van der Waals surface area (Å²) in [5.74, 6) is -1.29. The van der Waals surface area contributed by atoms with Crippen LogP contribution in [0.1, 0.15) is 13.3 Å². The average Bonchev–Trinajstić information content (AvgIpc) is 2.36. The summed E-state index contributed by atoms with van der Waals surface area (Å²) < 4.78 is 42.3. The summed E-state index contributed by atoms with van der Waals surface area (Å²) in [4.78, 5) is 24.7. The van der Waals surface area contributed by atoms with Gasteiger partial charge in [0.25, 0.3) is 0 Å². The van der Waals surface area contributed by atoms with Crippen molar-refractivity contribution in [3.05, 3.63) is 0 Å². The summed E-state index contributed by atoms with van der Waals surface area (Å²) in [6.45, 7) is 0.0402. The van der Waals surface area contributed by atoms with Crippen LogP contribution in [0.3, 0.4) is 0 Å². The Bertz CT molecular complexity index is 362. The van der Waals surface area contributed by atoms with Gasteiger partial charge in [-0.05, 0) is 6.42 Å². The Hall–Kier alpha value is -1.51. The Morgan fingerprint density at radius 3 is 2.60 bits per heavy atom. The van der Waals surface area contributed by atoms with Gasteiger partial charge in [0.2, 0.25) is 0 Å². The average molecular weight is 298 g/mol. The lowest BCUT2D eigenvalue weighted by Gasteiger charge is -2.37. The second-order valence-corrected chi connectivity index (χ2v) is 4.44. The fraction of sp³-hybridized carbons (Fsp3) is 0.818. The lowest BCUT2D eigenvalue weighted by atomic mass is 10.2. The number of hydrogen-bond acceptors (Lipinski definition) is 3. The molecule has 0 bridgehead atoms. The Morgan fingerprint density at radius 1 is 1.45 bits per heavy atom. The number of ether oxygens (including phenoxy) is 1. The van der Waals surface area contributed by atoms with Crippen LogP contribution in [0.5, 0.6) is 0 Å². The van der Waals surface area contributed by atoms with E-state index in [1.165, 1.54) is 0 Å². The Morgan fingerprint density at radius 2 is 2.10 bits per heavy atom. The van der Waals surface area contributed by atoms with E-state index in [-0.39, 0.29) is 26.3 Å². The van der Waals surface area contributed by atoms with Crippen LogP contribution in [0.25, 0.3) is 0 Å². The van der Waals surface area contributed by atoms with E-state index in [0.29, 0.717) is 11.3 Å². The molecule has 0 radical (unpaired) electrons.